The van der Waals surface area contributed by atoms with Gasteiger partial charge in [-0.3, -0.25) is 9.59 Å². The molecule has 3 aromatic rings. The summed E-state index contributed by atoms with van der Waals surface area (Å²) in [6.45, 7) is -0.0467. The smallest absolute Gasteiger partial charge is 0.296 e. The van der Waals surface area contributed by atoms with Gasteiger partial charge in [-0.25, -0.2) is 4.39 Å². The van der Waals surface area contributed by atoms with Gasteiger partial charge in [0.05, 0.1) is 37.1 Å². The maximum Gasteiger partial charge on any atom is 0.296 e. The van der Waals surface area contributed by atoms with Crippen LogP contribution < -0.4 is 4.74 Å². The van der Waals surface area contributed by atoms with Crippen molar-refractivity contribution in [2.24, 2.45) is 0 Å². The Labute approximate surface area is 176 Å². The number of benzene rings is 2. The van der Waals surface area contributed by atoms with Crippen LogP contribution in [-0.4, -0.2) is 33.9 Å². The minimum absolute atomic E-state index is 0.0467. The highest BCUT2D eigenvalue weighted by Gasteiger charge is 2.46. The Morgan fingerprint density at radius 2 is 1.97 bits per heavy atom. The largest absolute Gasteiger partial charge is 0.508 e. The van der Waals surface area contributed by atoms with E-state index in [1.165, 1.54) is 36.5 Å². The second-order valence-corrected chi connectivity index (χ2v) is 6.95. The topological polar surface area (TPSA) is 100 Å². The summed E-state index contributed by atoms with van der Waals surface area (Å²) in [6, 6.07) is 11.7. The number of carbonyl (C=O) groups excluding carboxylic acids is 2. The van der Waals surface area contributed by atoms with E-state index in [0.29, 0.717) is 11.3 Å². The van der Waals surface area contributed by atoms with E-state index >= 15 is 0 Å². The number of ketones is 1. The van der Waals surface area contributed by atoms with E-state index in [9.17, 15) is 24.2 Å². The average Bonchev–Trinajstić information content (AvgIpc) is 3.35. The first-order chi connectivity index (χ1) is 14.9. The number of carbonyl (C=O) groups is 2. The average molecular weight is 423 g/mol. The lowest BCUT2D eigenvalue weighted by Gasteiger charge is -2.24. The van der Waals surface area contributed by atoms with Gasteiger partial charge in [0, 0.05) is 0 Å². The normalized spacial score (nSPS) is 17.9. The number of Topliss-reactive ketones (excluding diaryl/α,β-unsaturated/α-hetero) is 1. The van der Waals surface area contributed by atoms with Crippen molar-refractivity contribution in [2.75, 3.05) is 7.11 Å². The molecule has 1 aliphatic heterocycles. The summed E-state index contributed by atoms with van der Waals surface area (Å²) in [5, 5.41) is 21.0. The zero-order valence-corrected chi connectivity index (χ0v) is 16.4. The van der Waals surface area contributed by atoms with Gasteiger partial charge in [0.2, 0.25) is 0 Å². The minimum Gasteiger partial charge on any atom is -0.508 e. The summed E-state index contributed by atoms with van der Waals surface area (Å²) in [5.74, 6) is -2.55. The second kappa shape index (κ2) is 7.98. The van der Waals surface area contributed by atoms with Crippen LogP contribution in [0.1, 0.15) is 22.9 Å². The van der Waals surface area contributed by atoms with E-state index in [4.69, 9.17) is 9.15 Å². The van der Waals surface area contributed by atoms with E-state index in [1.54, 1.807) is 24.3 Å². The van der Waals surface area contributed by atoms with Crippen LogP contribution in [0, 0.1) is 5.82 Å². The van der Waals surface area contributed by atoms with E-state index in [1.807, 2.05) is 0 Å². The molecule has 0 aliphatic carbocycles. The minimum atomic E-state index is -1.04. The van der Waals surface area contributed by atoms with Gasteiger partial charge in [-0.1, -0.05) is 12.1 Å². The molecule has 1 amide bonds. The van der Waals surface area contributed by atoms with Crippen LogP contribution in [0.15, 0.2) is 70.9 Å². The maximum atomic E-state index is 13.9. The Hall–Kier alpha value is -4.07. The molecule has 1 fully saturated rings. The molecule has 0 radical (unpaired) electrons. The molecular weight excluding hydrogens is 405 g/mol. The van der Waals surface area contributed by atoms with Crippen molar-refractivity contribution in [3.05, 3.63) is 89.1 Å². The molecule has 4 rings (SSSR count). The molecule has 1 atom stereocenters. The fourth-order valence-electron chi connectivity index (χ4n) is 3.67. The predicted octanol–water partition coefficient (Wildman–Crippen LogP) is 3.75. The number of rotatable bonds is 5. The Balaban J connectivity index is 1.92. The van der Waals surface area contributed by atoms with Crippen molar-refractivity contribution >= 4 is 17.4 Å². The zero-order chi connectivity index (χ0) is 22.1. The van der Waals surface area contributed by atoms with Crippen LogP contribution in [-0.2, 0) is 16.1 Å². The van der Waals surface area contributed by atoms with Crippen molar-refractivity contribution < 1.29 is 33.3 Å². The number of aliphatic hydroxyl groups is 1. The number of aromatic hydroxyl groups is 1. The number of hydrogen-bond acceptors (Lipinski definition) is 6. The monoisotopic (exact) mass is 423 g/mol. The quantitative estimate of drug-likeness (QED) is 0.368. The number of ether oxygens (including phenoxy) is 1. The number of aliphatic hydroxyl groups excluding tert-OH is 1. The lowest BCUT2D eigenvalue weighted by molar-refractivity contribution is -0.140. The predicted molar refractivity (Wildman–Crippen MR) is 108 cm³/mol. The van der Waals surface area contributed by atoms with Crippen LogP contribution in [0.5, 0.6) is 11.5 Å². The highest BCUT2D eigenvalue weighted by Crippen LogP contribution is 2.42. The molecule has 158 valence electrons. The summed E-state index contributed by atoms with van der Waals surface area (Å²) in [6.07, 6.45) is 1.44. The third-order valence-electron chi connectivity index (χ3n) is 5.05. The number of likely N-dealkylation sites (tertiary alicyclic amines) is 1. The van der Waals surface area contributed by atoms with Gasteiger partial charge in [-0.15, -0.1) is 0 Å². The van der Waals surface area contributed by atoms with Crippen LogP contribution in [0.3, 0.4) is 0 Å². The van der Waals surface area contributed by atoms with Crippen molar-refractivity contribution in [1.29, 1.82) is 0 Å². The van der Waals surface area contributed by atoms with Gasteiger partial charge in [0.15, 0.2) is 0 Å². The maximum absolute atomic E-state index is 13.9. The number of methoxy groups -OCH3 is 1. The fourth-order valence-corrected chi connectivity index (χ4v) is 3.67. The molecule has 1 aromatic heterocycles. The van der Waals surface area contributed by atoms with E-state index in [0.717, 1.165) is 12.1 Å². The molecule has 7 nitrogen and oxygen atoms in total. The van der Waals surface area contributed by atoms with Gasteiger partial charge < -0.3 is 24.3 Å². The van der Waals surface area contributed by atoms with Crippen LogP contribution in [0.4, 0.5) is 4.39 Å². The Morgan fingerprint density at radius 3 is 2.65 bits per heavy atom. The molecule has 0 saturated carbocycles. The lowest BCUT2D eigenvalue weighted by atomic mass is 9.94. The van der Waals surface area contributed by atoms with Crippen LogP contribution in [0.2, 0.25) is 0 Å². The zero-order valence-electron chi connectivity index (χ0n) is 16.4. The first kappa shape index (κ1) is 20.2. The first-order valence-corrected chi connectivity index (χ1v) is 9.34. The highest BCUT2D eigenvalue weighted by atomic mass is 19.1. The number of phenols is 1. The number of halogens is 1. The second-order valence-electron chi connectivity index (χ2n) is 6.95. The van der Waals surface area contributed by atoms with Gasteiger partial charge in [-0.2, -0.15) is 0 Å². The van der Waals surface area contributed by atoms with Crippen molar-refractivity contribution in [3.8, 4) is 11.5 Å². The molecular formula is C23H18FNO6. The standard InChI is InChI=1S/C23H18FNO6/c1-30-18-8-7-14(24)11-17(18)21(27)19-20(13-4-2-5-15(26)10-13)25(23(29)22(19)28)12-16-6-3-9-31-16/h2-11,20,26-27H,12H2,1H3/b21-19+. The number of amides is 1. The molecule has 0 bridgehead atoms. The van der Waals surface area contributed by atoms with Crippen molar-refractivity contribution in [1.82, 2.24) is 4.90 Å². The fraction of sp³-hybridized carbons (Fsp3) is 0.130. The van der Waals surface area contributed by atoms with Gasteiger partial charge in [0.1, 0.15) is 28.8 Å². The van der Waals surface area contributed by atoms with Crippen LogP contribution >= 0.6 is 0 Å². The van der Waals surface area contributed by atoms with E-state index in [2.05, 4.69) is 0 Å². The number of hydrogen-bond donors (Lipinski definition) is 2. The first-order valence-electron chi connectivity index (χ1n) is 9.34. The molecule has 2 aromatic carbocycles. The number of phenolic OH excluding ortho intramolecular Hbond substituents is 1. The Kier molecular flexibility index (Phi) is 5.21. The van der Waals surface area contributed by atoms with E-state index in [-0.39, 0.29) is 29.2 Å². The summed E-state index contributed by atoms with van der Waals surface area (Å²) < 4.78 is 24.4. The molecule has 1 saturated heterocycles. The molecule has 0 spiro atoms. The Morgan fingerprint density at radius 1 is 1.16 bits per heavy atom. The molecule has 31 heavy (non-hydrogen) atoms. The number of nitrogens with zero attached hydrogens (tertiary/aromatic N) is 1. The summed E-state index contributed by atoms with van der Waals surface area (Å²) in [4.78, 5) is 27.1. The third kappa shape index (κ3) is 3.63. The lowest BCUT2D eigenvalue weighted by Crippen LogP contribution is -2.29. The number of furan rings is 1. The Bertz CT molecular complexity index is 1180. The van der Waals surface area contributed by atoms with Gasteiger partial charge in [-0.05, 0) is 48.0 Å². The molecule has 2 N–H and O–H groups in total. The SMILES string of the molecule is COc1ccc(F)cc1/C(O)=C1\C(=O)C(=O)N(Cc2ccco2)C1c1cccc(O)c1. The summed E-state index contributed by atoms with van der Waals surface area (Å²) in [5.41, 5.74) is 0.0809. The molecule has 1 aliphatic rings. The van der Waals surface area contributed by atoms with Crippen molar-refractivity contribution in [3.63, 3.8) is 0 Å². The van der Waals surface area contributed by atoms with Gasteiger partial charge >= 0.3 is 0 Å². The van der Waals surface area contributed by atoms with Crippen molar-refractivity contribution in [2.45, 2.75) is 12.6 Å². The van der Waals surface area contributed by atoms with E-state index < -0.39 is 29.3 Å². The van der Waals surface area contributed by atoms with Crippen LogP contribution in [0.25, 0.3) is 5.76 Å². The third-order valence-corrected chi connectivity index (χ3v) is 5.05. The summed E-state index contributed by atoms with van der Waals surface area (Å²) >= 11 is 0. The molecule has 2 heterocycles. The highest BCUT2D eigenvalue weighted by molar-refractivity contribution is 6.46. The van der Waals surface area contributed by atoms with Gasteiger partial charge in [0.25, 0.3) is 11.7 Å². The molecule has 8 heteroatoms. The summed E-state index contributed by atoms with van der Waals surface area (Å²) in [7, 11) is 1.34. The molecule has 1 unspecified atom stereocenters.